The molecule has 0 aliphatic carbocycles. The van der Waals surface area contributed by atoms with Gasteiger partial charge >= 0.3 is 0 Å². The minimum absolute atomic E-state index is 0.0518. The first-order valence-electron chi connectivity index (χ1n) is 10.8. The number of rotatable bonds is 8. The molecule has 2 aromatic carbocycles. The summed E-state index contributed by atoms with van der Waals surface area (Å²) in [6.07, 6.45) is 3.44. The Bertz CT molecular complexity index is 1000. The summed E-state index contributed by atoms with van der Waals surface area (Å²) in [6.45, 7) is 1.19. The largest absolute Gasteiger partial charge is 0.354 e. The fraction of sp³-hybridized carbons (Fsp3) is 0.320. The number of aryl methyl sites for hydroxylation is 1. The molecule has 0 unspecified atom stereocenters. The Balaban J connectivity index is 1.25. The zero-order chi connectivity index (χ0) is 21.5. The molecular weight excluding hydrogens is 406 g/mol. The number of hydrogen-bond donors (Lipinski definition) is 1. The van der Waals surface area contributed by atoms with Crippen LogP contribution >= 0.6 is 11.3 Å². The second-order valence-corrected chi connectivity index (χ2v) is 8.64. The van der Waals surface area contributed by atoms with Gasteiger partial charge in [0.15, 0.2) is 0 Å². The number of carbonyl (C=O) groups is 2. The molecule has 1 N–H and O–H groups in total. The number of aromatic nitrogens is 1. The molecule has 1 fully saturated rings. The summed E-state index contributed by atoms with van der Waals surface area (Å²) in [6, 6.07) is 19.8. The molecule has 0 radical (unpaired) electrons. The van der Waals surface area contributed by atoms with E-state index in [1.165, 1.54) is 0 Å². The van der Waals surface area contributed by atoms with Crippen LogP contribution in [0.1, 0.15) is 30.5 Å². The second kappa shape index (κ2) is 10.4. The predicted molar refractivity (Wildman–Crippen MR) is 124 cm³/mol. The topological polar surface area (TPSA) is 62.3 Å². The summed E-state index contributed by atoms with van der Waals surface area (Å²) in [5, 5.41) is 6.05. The summed E-state index contributed by atoms with van der Waals surface area (Å²) < 4.78 is 0. The van der Waals surface area contributed by atoms with Gasteiger partial charge in [-0.1, -0.05) is 60.7 Å². The number of amides is 2. The summed E-state index contributed by atoms with van der Waals surface area (Å²) in [4.78, 5) is 31.9. The van der Waals surface area contributed by atoms with E-state index < -0.39 is 0 Å². The molecule has 1 aromatic heterocycles. The molecule has 31 heavy (non-hydrogen) atoms. The molecule has 2 heterocycles. The molecule has 0 saturated carbocycles. The Kier molecular flexibility index (Phi) is 7.10. The predicted octanol–water partition coefficient (Wildman–Crippen LogP) is 4.09. The van der Waals surface area contributed by atoms with Gasteiger partial charge in [0, 0.05) is 36.9 Å². The van der Waals surface area contributed by atoms with Gasteiger partial charge in [0.25, 0.3) is 0 Å². The van der Waals surface area contributed by atoms with E-state index in [1.54, 1.807) is 16.2 Å². The van der Waals surface area contributed by atoms with Crippen molar-refractivity contribution < 1.29 is 9.59 Å². The first-order chi connectivity index (χ1) is 15.2. The molecule has 0 spiro atoms. The average molecular weight is 434 g/mol. The molecule has 1 atom stereocenters. The van der Waals surface area contributed by atoms with Crippen molar-refractivity contribution >= 4 is 23.2 Å². The molecule has 1 aliphatic heterocycles. The quantitative estimate of drug-likeness (QED) is 0.582. The Morgan fingerprint density at radius 2 is 1.77 bits per heavy atom. The number of nitrogens with one attached hydrogen (secondary N) is 1. The molecule has 2 amide bonds. The maximum Gasteiger partial charge on any atom is 0.242 e. The highest BCUT2D eigenvalue weighted by molar-refractivity contribution is 7.13. The highest BCUT2D eigenvalue weighted by atomic mass is 32.1. The lowest BCUT2D eigenvalue weighted by atomic mass is 10.1. The molecule has 4 rings (SSSR count). The molecule has 160 valence electrons. The monoisotopic (exact) mass is 433 g/mol. The van der Waals surface area contributed by atoms with Gasteiger partial charge in [0.1, 0.15) is 11.0 Å². The van der Waals surface area contributed by atoms with Crippen LogP contribution in [0.4, 0.5) is 0 Å². The third-order valence-electron chi connectivity index (χ3n) is 5.60. The molecule has 1 saturated heterocycles. The van der Waals surface area contributed by atoms with Crippen LogP contribution in [0.5, 0.6) is 0 Å². The Morgan fingerprint density at radius 1 is 1.03 bits per heavy atom. The van der Waals surface area contributed by atoms with Gasteiger partial charge in [0.2, 0.25) is 11.8 Å². The van der Waals surface area contributed by atoms with Crippen molar-refractivity contribution in [2.45, 2.75) is 38.1 Å². The lowest BCUT2D eigenvalue weighted by Crippen LogP contribution is -2.46. The van der Waals surface area contributed by atoms with Crippen molar-refractivity contribution in [1.29, 1.82) is 0 Å². The molecular formula is C25H27N3O2S. The minimum Gasteiger partial charge on any atom is -0.354 e. The van der Waals surface area contributed by atoms with E-state index >= 15 is 0 Å². The van der Waals surface area contributed by atoms with Crippen molar-refractivity contribution in [3.05, 3.63) is 77.3 Å². The number of likely N-dealkylation sites (tertiary alicyclic amines) is 1. The summed E-state index contributed by atoms with van der Waals surface area (Å²) in [5.74, 6) is 0.0116. The summed E-state index contributed by atoms with van der Waals surface area (Å²) >= 11 is 1.62. The van der Waals surface area contributed by atoms with Crippen LogP contribution in [0.15, 0.2) is 66.0 Å². The van der Waals surface area contributed by atoms with Crippen LogP contribution < -0.4 is 5.32 Å². The van der Waals surface area contributed by atoms with Gasteiger partial charge in [-0.2, -0.15) is 0 Å². The van der Waals surface area contributed by atoms with Gasteiger partial charge in [-0.3, -0.25) is 9.59 Å². The van der Waals surface area contributed by atoms with Gasteiger partial charge in [-0.15, -0.1) is 11.3 Å². The van der Waals surface area contributed by atoms with E-state index in [-0.39, 0.29) is 17.9 Å². The minimum atomic E-state index is -0.349. The number of hydrogen-bond acceptors (Lipinski definition) is 4. The van der Waals surface area contributed by atoms with E-state index in [9.17, 15) is 9.59 Å². The van der Waals surface area contributed by atoms with Gasteiger partial charge in [0.05, 0.1) is 5.69 Å². The van der Waals surface area contributed by atoms with Gasteiger partial charge in [-0.05, 0) is 24.8 Å². The van der Waals surface area contributed by atoms with Crippen LogP contribution in [0.2, 0.25) is 0 Å². The van der Waals surface area contributed by atoms with Gasteiger partial charge in [-0.25, -0.2) is 4.98 Å². The first kappa shape index (κ1) is 21.2. The maximum absolute atomic E-state index is 12.7. The van der Waals surface area contributed by atoms with Crippen LogP contribution in [-0.2, 0) is 22.4 Å². The fourth-order valence-corrected chi connectivity index (χ4v) is 4.80. The zero-order valence-electron chi connectivity index (χ0n) is 17.5. The van der Waals surface area contributed by atoms with E-state index in [4.69, 9.17) is 0 Å². The molecule has 1 aliphatic rings. The standard InChI is InChI=1S/C25H27N3O2S/c29-23(14-13-19-8-3-1-4-9-19)28-17-7-12-22(28)24(30)26-16-15-21-18-31-25(27-21)20-10-5-2-6-11-20/h1-6,8-11,18,22H,7,12-17H2,(H,26,30)/t22-/m1/s1. The molecule has 0 bridgehead atoms. The smallest absolute Gasteiger partial charge is 0.242 e. The molecule has 5 nitrogen and oxygen atoms in total. The summed E-state index contributed by atoms with van der Waals surface area (Å²) in [7, 11) is 0. The average Bonchev–Trinajstić information content (AvgIpc) is 3.49. The van der Waals surface area contributed by atoms with Crippen molar-refractivity contribution in [2.24, 2.45) is 0 Å². The van der Waals surface area contributed by atoms with E-state index in [0.717, 1.165) is 34.7 Å². The molecule has 6 heteroatoms. The van der Waals surface area contributed by atoms with Crippen LogP contribution in [0.25, 0.3) is 10.6 Å². The number of thiazole rings is 1. The number of benzene rings is 2. The normalized spacial score (nSPS) is 15.7. The first-order valence-corrected chi connectivity index (χ1v) is 11.7. The van der Waals surface area contributed by atoms with Crippen molar-refractivity contribution in [2.75, 3.05) is 13.1 Å². The van der Waals surface area contributed by atoms with Crippen LogP contribution in [0, 0.1) is 0 Å². The van der Waals surface area contributed by atoms with E-state index in [2.05, 4.69) is 10.3 Å². The summed E-state index contributed by atoms with van der Waals surface area (Å²) in [5.41, 5.74) is 3.24. The Hall–Kier alpha value is -2.99. The van der Waals surface area contributed by atoms with Crippen LogP contribution in [0.3, 0.4) is 0 Å². The van der Waals surface area contributed by atoms with E-state index in [0.29, 0.717) is 32.4 Å². The fourth-order valence-electron chi connectivity index (χ4n) is 3.94. The van der Waals surface area contributed by atoms with Crippen LogP contribution in [-0.4, -0.2) is 40.8 Å². The van der Waals surface area contributed by atoms with Crippen molar-refractivity contribution in [3.63, 3.8) is 0 Å². The molecule has 3 aromatic rings. The highest BCUT2D eigenvalue weighted by Crippen LogP contribution is 2.23. The van der Waals surface area contributed by atoms with Crippen molar-refractivity contribution in [3.8, 4) is 10.6 Å². The van der Waals surface area contributed by atoms with Crippen molar-refractivity contribution in [1.82, 2.24) is 15.2 Å². The Morgan fingerprint density at radius 3 is 2.55 bits per heavy atom. The third kappa shape index (κ3) is 5.58. The highest BCUT2D eigenvalue weighted by Gasteiger charge is 2.33. The Labute approximate surface area is 187 Å². The maximum atomic E-state index is 12.7. The van der Waals surface area contributed by atoms with Gasteiger partial charge < -0.3 is 10.2 Å². The van der Waals surface area contributed by atoms with E-state index in [1.807, 2.05) is 66.0 Å². The zero-order valence-corrected chi connectivity index (χ0v) is 18.3. The number of carbonyl (C=O) groups excluding carboxylic acids is 2. The lowest BCUT2D eigenvalue weighted by Gasteiger charge is -2.24. The SMILES string of the molecule is O=C(NCCc1csc(-c2ccccc2)n1)[C@H]1CCCN1C(=O)CCc1ccccc1. The lowest BCUT2D eigenvalue weighted by molar-refractivity contribution is -0.138. The third-order valence-corrected chi connectivity index (χ3v) is 6.54. The second-order valence-electron chi connectivity index (χ2n) is 7.78. The number of nitrogens with zero attached hydrogens (tertiary/aromatic N) is 2.